The van der Waals surface area contributed by atoms with Crippen molar-refractivity contribution in [3.8, 4) is 34.5 Å². The quantitative estimate of drug-likeness (QED) is 0.549. The predicted octanol–water partition coefficient (Wildman–Crippen LogP) is 1.90. The van der Waals surface area contributed by atoms with Gasteiger partial charge in [-0.25, -0.2) is 0 Å². The average molecular weight is 366 g/mol. The summed E-state index contributed by atoms with van der Waals surface area (Å²) in [4.78, 5) is 0. The fourth-order valence-corrected chi connectivity index (χ4v) is 2.60. The van der Waals surface area contributed by atoms with Crippen molar-refractivity contribution in [3.63, 3.8) is 0 Å². The van der Waals surface area contributed by atoms with Crippen LogP contribution >= 0.6 is 0 Å². The van der Waals surface area contributed by atoms with Gasteiger partial charge >= 0.3 is 0 Å². The van der Waals surface area contributed by atoms with Gasteiger partial charge in [0, 0.05) is 5.56 Å². The zero-order valence-electron chi connectivity index (χ0n) is 14.9. The van der Waals surface area contributed by atoms with Gasteiger partial charge in [-0.05, 0) is 29.8 Å². The Kier molecular flexibility index (Phi) is 6.01. The second-order valence-electron chi connectivity index (χ2n) is 5.40. The summed E-state index contributed by atoms with van der Waals surface area (Å²) in [6.45, 7) is 0. The molecule has 142 valence electrons. The van der Waals surface area contributed by atoms with E-state index in [9.17, 15) is 20.4 Å². The molecule has 0 heterocycles. The summed E-state index contributed by atoms with van der Waals surface area (Å²) in [5, 5.41) is 41.0. The Balaban J connectivity index is 2.45. The molecule has 0 radical (unpaired) electrons. The van der Waals surface area contributed by atoms with E-state index in [1.165, 1.54) is 52.7 Å². The lowest BCUT2D eigenvalue weighted by atomic mass is 9.96. The molecule has 0 amide bonds. The van der Waals surface area contributed by atoms with Gasteiger partial charge in [0.1, 0.15) is 12.2 Å². The summed E-state index contributed by atoms with van der Waals surface area (Å²) in [5.41, 5.74) is 0.200. The minimum atomic E-state index is -1.53. The van der Waals surface area contributed by atoms with E-state index < -0.39 is 23.7 Å². The molecule has 26 heavy (non-hydrogen) atoms. The summed E-state index contributed by atoms with van der Waals surface area (Å²) in [5.74, 6) is -0.125. The predicted molar refractivity (Wildman–Crippen MR) is 92.3 cm³/mol. The minimum Gasteiger partial charge on any atom is -0.504 e. The molecule has 0 bridgehead atoms. The molecule has 0 saturated carbocycles. The monoisotopic (exact) mass is 366 g/mol. The molecular weight excluding hydrogens is 344 g/mol. The summed E-state index contributed by atoms with van der Waals surface area (Å²) < 4.78 is 20.6. The molecule has 0 aliphatic carbocycles. The number of aliphatic hydroxyl groups is 2. The van der Waals surface area contributed by atoms with Crippen LogP contribution in [0.15, 0.2) is 24.3 Å². The van der Waals surface area contributed by atoms with E-state index in [-0.39, 0.29) is 16.9 Å². The van der Waals surface area contributed by atoms with Gasteiger partial charge in [0.2, 0.25) is 11.5 Å². The highest BCUT2D eigenvalue weighted by Gasteiger charge is 2.27. The van der Waals surface area contributed by atoms with Gasteiger partial charge < -0.3 is 39.4 Å². The van der Waals surface area contributed by atoms with E-state index in [4.69, 9.17) is 18.9 Å². The van der Waals surface area contributed by atoms with Crippen molar-refractivity contribution in [1.82, 2.24) is 0 Å². The molecule has 0 unspecified atom stereocenters. The first kappa shape index (κ1) is 19.5. The van der Waals surface area contributed by atoms with E-state index in [1.54, 1.807) is 0 Å². The molecule has 0 fully saturated rings. The maximum Gasteiger partial charge on any atom is 0.203 e. The first-order chi connectivity index (χ1) is 12.4. The topological polar surface area (TPSA) is 118 Å². The van der Waals surface area contributed by atoms with Crippen LogP contribution < -0.4 is 18.9 Å². The third kappa shape index (κ3) is 3.42. The number of hydrogen-bond donors (Lipinski definition) is 4. The Morgan fingerprint density at radius 3 is 1.69 bits per heavy atom. The summed E-state index contributed by atoms with van der Waals surface area (Å²) >= 11 is 0. The lowest BCUT2D eigenvalue weighted by Gasteiger charge is -2.22. The van der Waals surface area contributed by atoms with Gasteiger partial charge in [-0.3, -0.25) is 0 Å². The van der Waals surface area contributed by atoms with Gasteiger partial charge in [0.05, 0.1) is 28.4 Å². The highest BCUT2D eigenvalue weighted by molar-refractivity contribution is 5.56. The van der Waals surface area contributed by atoms with Crippen molar-refractivity contribution < 1.29 is 39.4 Å². The number of ether oxygens (including phenoxy) is 4. The molecule has 0 saturated heterocycles. The summed E-state index contributed by atoms with van der Waals surface area (Å²) in [7, 11) is 5.63. The molecule has 8 heteroatoms. The second kappa shape index (κ2) is 8.03. The largest absolute Gasteiger partial charge is 0.504 e. The number of phenolic OH excluding ortho intramolecular Hbond substituents is 2. The Bertz CT molecular complexity index is 749. The number of benzene rings is 2. The standard InChI is InChI=1S/C18H22O8/c1-23-11-6-5-10(16(21)17(11)22)15(20)14(19)9-7-12(24-2)18(26-4)13(8-9)25-3/h5-8,14-15,19-22H,1-4H3/t14-,15-/m1/s1. The van der Waals surface area contributed by atoms with Gasteiger partial charge in [-0.1, -0.05) is 0 Å². The van der Waals surface area contributed by atoms with Crippen molar-refractivity contribution in [3.05, 3.63) is 35.4 Å². The first-order valence-electron chi connectivity index (χ1n) is 7.64. The molecule has 0 spiro atoms. The van der Waals surface area contributed by atoms with Crippen LogP contribution in [0.3, 0.4) is 0 Å². The highest BCUT2D eigenvalue weighted by Crippen LogP contribution is 2.45. The van der Waals surface area contributed by atoms with Crippen LogP contribution in [-0.2, 0) is 0 Å². The Labute approximate surface area is 150 Å². The van der Waals surface area contributed by atoms with Gasteiger partial charge in [0.25, 0.3) is 0 Å². The number of hydrogen-bond acceptors (Lipinski definition) is 8. The normalized spacial score (nSPS) is 13.0. The third-order valence-electron chi connectivity index (χ3n) is 4.01. The SMILES string of the molecule is COc1ccc([C@@H](O)[C@H](O)c2cc(OC)c(OC)c(OC)c2)c(O)c1O. The summed E-state index contributed by atoms with van der Waals surface area (Å²) in [6, 6.07) is 5.68. The zero-order valence-corrected chi connectivity index (χ0v) is 14.9. The third-order valence-corrected chi connectivity index (χ3v) is 4.01. The zero-order chi connectivity index (χ0) is 19.4. The lowest BCUT2D eigenvalue weighted by molar-refractivity contribution is 0.0154. The molecule has 0 aromatic heterocycles. The molecule has 2 aromatic carbocycles. The molecular formula is C18H22O8. The number of aliphatic hydroxyl groups excluding tert-OH is 2. The number of rotatable bonds is 7. The fraction of sp³-hybridized carbons (Fsp3) is 0.333. The van der Waals surface area contributed by atoms with Crippen LogP contribution in [0.2, 0.25) is 0 Å². The Morgan fingerprint density at radius 2 is 1.23 bits per heavy atom. The van der Waals surface area contributed by atoms with Crippen molar-refractivity contribution in [2.75, 3.05) is 28.4 Å². The van der Waals surface area contributed by atoms with Gasteiger partial charge in [-0.15, -0.1) is 0 Å². The minimum absolute atomic E-state index is 0.0423. The van der Waals surface area contributed by atoms with E-state index in [1.807, 2.05) is 0 Å². The van der Waals surface area contributed by atoms with E-state index in [0.717, 1.165) is 0 Å². The van der Waals surface area contributed by atoms with Crippen molar-refractivity contribution in [2.24, 2.45) is 0 Å². The molecule has 2 aromatic rings. The Morgan fingerprint density at radius 1 is 0.692 bits per heavy atom. The van der Waals surface area contributed by atoms with Crippen LogP contribution in [0.4, 0.5) is 0 Å². The van der Waals surface area contributed by atoms with Crippen LogP contribution in [0, 0.1) is 0 Å². The van der Waals surface area contributed by atoms with E-state index in [0.29, 0.717) is 17.2 Å². The fourth-order valence-electron chi connectivity index (χ4n) is 2.60. The molecule has 0 aliphatic rings. The highest BCUT2D eigenvalue weighted by atomic mass is 16.5. The average Bonchev–Trinajstić information content (AvgIpc) is 2.67. The van der Waals surface area contributed by atoms with Crippen molar-refractivity contribution >= 4 is 0 Å². The second-order valence-corrected chi connectivity index (χ2v) is 5.40. The Hall–Kier alpha value is -2.84. The smallest absolute Gasteiger partial charge is 0.203 e. The molecule has 4 N–H and O–H groups in total. The molecule has 8 nitrogen and oxygen atoms in total. The van der Waals surface area contributed by atoms with Crippen LogP contribution in [0.5, 0.6) is 34.5 Å². The molecule has 2 rings (SSSR count). The maximum atomic E-state index is 10.6. The first-order valence-corrected chi connectivity index (χ1v) is 7.64. The maximum absolute atomic E-state index is 10.6. The number of aromatic hydroxyl groups is 2. The van der Waals surface area contributed by atoms with Crippen molar-refractivity contribution in [1.29, 1.82) is 0 Å². The lowest BCUT2D eigenvalue weighted by Crippen LogP contribution is -2.11. The van der Waals surface area contributed by atoms with E-state index in [2.05, 4.69) is 0 Å². The van der Waals surface area contributed by atoms with E-state index >= 15 is 0 Å². The number of phenols is 2. The van der Waals surface area contributed by atoms with Crippen molar-refractivity contribution in [2.45, 2.75) is 12.2 Å². The van der Waals surface area contributed by atoms with Crippen LogP contribution in [0.1, 0.15) is 23.3 Å². The molecule has 2 atom stereocenters. The van der Waals surface area contributed by atoms with Gasteiger partial charge in [-0.2, -0.15) is 0 Å². The molecule has 0 aliphatic heterocycles. The summed E-state index contributed by atoms with van der Waals surface area (Å²) in [6.07, 6.45) is -2.97. The van der Waals surface area contributed by atoms with Crippen LogP contribution in [0.25, 0.3) is 0 Å². The van der Waals surface area contributed by atoms with Crippen LogP contribution in [-0.4, -0.2) is 48.9 Å². The van der Waals surface area contributed by atoms with Gasteiger partial charge in [0.15, 0.2) is 23.0 Å². The number of methoxy groups -OCH3 is 4.